The molecule has 0 radical (unpaired) electrons. The van der Waals surface area contributed by atoms with Gasteiger partial charge in [0.2, 0.25) is 5.95 Å². The molecule has 0 bridgehead atoms. The second-order valence-corrected chi connectivity index (χ2v) is 3.36. The number of nitrogens with zero attached hydrogens (tertiary/aromatic N) is 3. The highest BCUT2D eigenvalue weighted by atomic mass is 19.2. The Labute approximate surface area is 102 Å². The minimum Gasteiger partial charge on any atom is -0.464 e. The summed E-state index contributed by atoms with van der Waals surface area (Å²) in [7, 11) is 0. The van der Waals surface area contributed by atoms with E-state index in [1.807, 2.05) is 0 Å². The first-order valence-electron chi connectivity index (χ1n) is 5.20. The first kappa shape index (κ1) is 12.2. The number of rotatable bonds is 3. The van der Waals surface area contributed by atoms with Crippen LogP contribution in [0.3, 0.4) is 0 Å². The van der Waals surface area contributed by atoms with Crippen LogP contribution in [-0.2, 0) is 0 Å². The summed E-state index contributed by atoms with van der Waals surface area (Å²) in [5, 5.41) is 0. The van der Waals surface area contributed by atoms with Crippen molar-refractivity contribution in [2.24, 2.45) is 0 Å². The van der Waals surface area contributed by atoms with Crippen molar-refractivity contribution in [2.75, 3.05) is 12.3 Å². The number of nitrogen functional groups attached to an aromatic ring is 1. The molecule has 0 unspecified atom stereocenters. The van der Waals surface area contributed by atoms with Crippen LogP contribution in [0.1, 0.15) is 6.92 Å². The molecule has 0 saturated heterocycles. The van der Waals surface area contributed by atoms with Crippen molar-refractivity contribution in [3.05, 3.63) is 29.8 Å². The Bertz CT molecular complexity index is 577. The van der Waals surface area contributed by atoms with Crippen molar-refractivity contribution >= 4 is 5.95 Å². The number of aromatic nitrogens is 3. The Morgan fingerprint density at radius 3 is 2.61 bits per heavy atom. The van der Waals surface area contributed by atoms with Crippen LogP contribution in [0.2, 0.25) is 0 Å². The molecule has 2 rings (SSSR count). The van der Waals surface area contributed by atoms with Crippen LogP contribution in [0, 0.1) is 11.6 Å². The van der Waals surface area contributed by atoms with E-state index in [1.54, 1.807) is 6.92 Å². The molecule has 5 nitrogen and oxygen atoms in total. The Balaban J connectivity index is 2.46. The zero-order chi connectivity index (χ0) is 13.1. The van der Waals surface area contributed by atoms with Gasteiger partial charge in [0.1, 0.15) is 0 Å². The van der Waals surface area contributed by atoms with Gasteiger partial charge in [-0.05, 0) is 25.1 Å². The SMILES string of the molecule is CCOc1nc(N)nc(-c2ccc(F)c(F)c2)n1. The topological polar surface area (TPSA) is 73.9 Å². The van der Waals surface area contributed by atoms with Crippen LogP contribution >= 0.6 is 0 Å². The fourth-order valence-corrected chi connectivity index (χ4v) is 1.33. The summed E-state index contributed by atoms with van der Waals surface area (Å²) in [6.45, 7) is 2.12. The summed E-state index contributed by atoms with van der Waals surface area (Å²) < 4.78 is 31.0. The molecule has 0 amide bonds. The Morgan fingerprint density at radius 1 is 1.17 bits per heavy atom. The first-order valence-corrected chi connectivity index (χ1v) is 5.20. The zero-order valence-electron chi connectivity index (χ0n) is 9.52. The molecule has 0 aliphatic rings. The number of nitrogens with two attached hydrogens (primary N) is 1. The monoisotopic (exact) mass is 252 g/mol. The highest BCUT2D eigenvalue weighted by Crippen LogP contribution is 2.20. The molecule has 0 aliphatic carbocycles. The van der Waals surface area contributed by atoms with Gasteiger partial charge in [0, 0.05) is 5.56 Å². The largest absolute Gasteiger partial charge is 0.464 e. The zero-order valence-corrected chi connectivity index (χ0v) is 9.52. The Kier molecular flexibility index (Phi) is 3.31. The highest BCUT2D eigenvalue weighted by molar-refractivity contribution is 5.56. The molecule has 1 aromatic carbocycles. The minimum atomic E-state index is -0.982. The average Bonchev–Trinajstić information content (AvgIpc) is 2.32. The number of ether oxygens (including phenoxy) is 1. The molecular formula is C11H10F2N4O. The molecule has 94 valence electrons. The van der Waals surface area contributed by atoms with Crippen molar-refractivity contribution in [2.45, 2.75) is 6.92 Å². The molecule has 2 aromatic rings. The summed E-state index contributed by atoms with van der Waals surface area (Å²) in [6.07, 6.45) is 0. The maximum atomic E-state index is 13.1. The van der Waals surface area contributed by atoms with E-state index in [9.17, 15) is 8.78 Å². The molecule has 0 fully saturated rings. The van der Waals surface area contributed by atoms with Crippen molar-refractivity contribution in [1.29, 1.82) is 0 Å². The van der Waals surface area contributed by atoms with E-state index in [4.69, 9.17) is 10.5 Å². The van der Waals surface area contributed by atoms with Gasteiger partial charge in [-0.3, -0.25) is 0 Å². The number of halogens is 2. The number of hydrogen-bond donors (Lipinski definition) is 1. The molecule has 1 aromatic heterocycles. The van der Waals surface area contributed by atoms with E-state index in [0.29, 0.717) is 12.2 Å². The van der Waals surface area contributed by atoms with E-state index >= 15 is 0 Å². The number of hydrogen-bond acceptors (Lipinski definition) is 5. The van der Waals surface area contributed by atoms with E-state index in [2.05, 4.69) is 15.0 Å². The average molecular weight is 252 g/mol. The second-order valence-electron chi connectivity index (χ2n) is 3.36. The van der Waals surface area contributed by atoms with Gasteiger partial charge in [-0.1, -0.05) is 0 Å². The fraction of sp³-hybridized carbons (Fsp3) is 0.182. The van der Waals surface area contributed by atoms with Crippen LogP contribution in [0.25, 0.3) is 11.4 Å². The predicted molar refractivity (Wildman–Crippen MR) is 60.8 cm³/mol. The lowest BCUT2D eigenvalue weighted by molar-refractivity contribution is 0.312. The lowest BCUT2D eigenvalue weighted by Crippen LogP contribution is -2.05. The Hall–Kier alpha value is -2.31. The molecule has 1 heterocycles. The third kappa shape index (κ3) is 2.50. The van der Waals surface area contributed by atoms with Crippen LogP contribution in [0.5, 0.6) is 6.01 Å². The fourth-order valence-electron chi connectivity index (χ4n) is 1.33. The van der Waals surface area contributed by atoms with Crippen molar-refractivity contribution in [3.63, 3.8) is 0 Å². The van der Waals surface area contributed by atoms with Gasteiger partial charge in [0.25, 0.3) is 0 Å². The quantitative estimate of drug-likeness (QED) is 0.901. The first-order chi connectivity index (χ1) is 8.60. The maximum absolute atomic E-state index is 13.1. The van der Waals surface area contributed by atoms with Crippen LogP contribution in [0.4, 0.5) is 14.7 Å². The Morgan fingerprint density at radius 2 is 1.94 bits per heavy atom. The smallest absolute Gasteiger partial charge is 0.321 e. The molecule has 18 heavy (non-hydrogen) atoms. The van der Waals surface area contributed by atoms with E-state index in [1.165, 1.54) is 6.07 Å². The van der Waals surface area contributed by atoms with Crippen LogP contribution in [-0.4, -0.2) is 21.6 Å². The van der Waals surface area contributed by atoms with E-state index in [-0.39, 0.29) is 17.8 Å². The van der Waals surface area contributed by atoms with Crippen molar-refractivity contribution in [1.82, 2.24) is 15.0 Å². The summed E-state index contributed by atoms with van der Waals surface area (Å²) in [5.41, 5.74) is 5.78. The van der Waals surface area contributed by atoms with Gasteiger partial charge in [0.05, 0.1) is 6.61 Å². The number of benzene rings is 1. The highest BCUT2D eigenvalue weighted by Gasteiger charge is 2.10. The number of anilines is 1. The lowest BCUT2D eigenvalue weighted by Gasteiger charge is -2.05. The van der Waals surface area contributed by atoms with Gasteiger partial charge in [-0.25, -0.2) is 8.78 Å². The summed E-state index contributed by atoms with van der Waals surface area (Å²) in [6, 6.07) is 3.37. The lowest BCUT2D eigenvalue weighted by atomic mass is 10.2. The third-order valence-corrected chi connectivity index (χ3v) is 2.08. The normalized spacial score (nSPS) is 10.4. The molecule has 2 N–H and O–H groups in total. The molecule has 0 aliphatic heterocycles. The summed E-state index contributed by atoms with van der Waals surface area (Å²) in [4.78, 5) is 11.5. The van der Waals surface area contributed by atoms with Gasteiger partial charge in [-0.15, -0.1) is 0 Å². The van der Waals surface area contributed by atoms with Crippen LogP contribution < -0.4 is 10.5 Å². The molecule has 0 saturated carbocycles. The van der Waals surface area contributed by atoms with Crippen molar-refractivity contribution in [3.8, 4) is 17.4 Å². The standard InChI is InChI=1S/C11H10F2N4O/c1-2-18-11-16-9(15-10(14)17-11)6-3-4-7(12)8(13)5-6/h3-5H,2H2,1H3,(H2,14,15,16,17). The molecular weight excluding hydrogens is 242 g/mol. The van der Waals surface area contributed by atoms with Crippen molar-refractivity contribution < 1.29 is 13.5 Å². The maximum Gasteiger partial charge on any atom is 0.321 e. The van der Waals surface area contributed by atoms with Gasteiger partial charge in [-0.2, -0.15) is 15.0 Å². The second kappa shape index (κ2) is 4.91. The molecule has 7 heteroatoms. The van der Waals surface area contributed by atoms with Gasteiger partial charge >= 0.3 is 6.01 Å². The molecule has 0 spiro atoms. The summed E-state index contributed by atoms with van der Waals surface area (Å²) >= 11 is 0. The van der Waals surface area contributed by atoms with Crippen LogP contribution in [0.15, 0.2) is 18.2 Å². The third-order valence-electron chi connectivity index (χ3n) is 2.08. The van der Waals surface area contributed by atoms with E-state index in [0.717, 1.165) is 12.1 Å². The molecule has 0 atom stereocenters. The van der Waals surface area contributed by atoms with Gasteiger partial charge in [0.15, 0.2) is 17.5 Å². The van der Waals surface area contributed by atoms with E-state index < -0.39 is 11.6 Å². The predicted octanol–water partition coefficient (Wildman–Crippen LogP) is 1.80. The summed E-state index contributed by atoms with van der Waals surface area (Å²) in [5.74, 6) is -1.84. The van der Waals surface area contributed by atoms with Gasteiger partial charge < -0.3 is 10.5 Å². The minimum absolute atomic E-state index is 0.0460.